The molecule has 0 bridgehead atoms. The quantitative estimate of drug-likeness (QED) is 0.442. The zero-order valence-electron chi connectivity index (χ0n) is 7.78. The third-order valence-corrected chi connectivity index (χ3v) is 1.63. The molecule has 72 valence electrons. The summed E-state index contributed by atoms with van der Waals surface area (Å²) in [7, 11) is 0. The van der Waals surface area contributed by atoms with Crippen molar-refractivity contribution in [3.63, 3.8) is 0 Å². The molecule has 3 heteroatoms. The fourth-order valence-electron chi connectivity index (χ4n) is 1.03. The van der Waals surface area contributed by atoms with Gasteiger partial charge in [-0.3, -0.25) is 0 Å². The highest BCUT2D eigenvalue weighted by Gasteiger charge is 2.05. The molecule has 0 aromatic heterocycles. The van der Waals surface area contributed by atoms with Crippen LogP contribution in [0.5, 0.6) is 5.75 Å². The monoisotopic (exact) mass is 190 g/mol. The van der Waals surface area contributed by atoms with Crippen LogP contribution in [0.25, 0.3) is 0 Å². The van der Waals surface area contributed by atoms with Crippen molar-refractivity contribution >= 4 is 6.16 Å². The van der Waals surface area contributed by atoms with Crippen LogP contribution in [0, 0.1) is 11.8 Å². The van der Waals surface area contributed by atoms with E-state index >= 15 is 0 Å². The molecule has 0 spiro atoms. The highest BCUT2D eigenvalue weighted by atomic mass is 16.7. The Bertz CT molecular complexity index is 385. The summed E-state index contributed by atoms with van der Waals surface area (Å²) < 4.78 is 4.59. The van der Waals surface area contributed by atoms with Crippen LogP contribution in [0.3, 0.4) is 0 Å². The molecule has 0 unspecified atom stereocenters. The second kappa shape index (κ2) is 4.93. The minimum Gasteiger partial charge on any atom is -0.449 e. The van der Waals surface area contributed by atoms with Gasteiger partial charge in [-0.1, -0.05) is 24.1 Å². The fraction of sp³-hybridized carbons (Fsp3) is 0.182. The van der Waals surface area contributed by atoms with Gasteiger partial charge in [0, 0.05) is 12.0 Å². The van der Waals surface area contributed by atoms with Crippen LogP contribution in [0.4, 0.5) is 4.79 Å². The summed E-state index contributed by atoms with van der Waals surface area (Å²) in [5.74, 6) is 5.95. The summed E-state index contributed by atoms with van der Waals surface area (Å²) in [6, 6.07) is 6.95. The van der Waals surface area contributed by atoms with Crippen LogP contribution in [0.1, 0.15) is 12.5 Å². The lowest BCUT2D eigenvalue weighted by atomic mass is 10.1. The Hall–Kier alpha value is -1.95. The zero-order chi connectivity index (χ0) is 10.4. The summed E-state index contributed by atoms with van der Waals surface area (Å²) in [5, 5.41) is 8.46. The molecule has 1 aromatic carbocycles. The largest absolute Gasteiger partial charge is 0.511 e. The second-order valence-corrected chi connectivity index (χ2v) is 2.58. The Kier molecular flexibility index (Phi) is 3.57. The molecule has 0 fully saturated rings. The van der Waals surface area contributed by atoms with Crippen LogP contribution in [0.15, 0.2) is 24.3 Å². The summed E-state index contributed by atoms with van der Waals surface area (Å²) >= 11 is 0. The number of carboxylic acid groups (broad SMARTS) is 1. The third-order valence-electron chi connectivity index (χ3n) is 1.63. The van der Waals surface area contributed by atoms with Crippen molar-refractivity contribution in [3.8, 4) is 17.6 Å². The van der Waals surface area contributed by atoms with Crippen molar-refractivity contribution in [2.24, 2.45) is 0 Å². The molecule has 0 radical (unpaired) electrons. The SMILES string of the molecule is CC#CCc1ccccc1OC(=O)O. The van der Waals surface area contributed by atoms with Gasteiger partial charge < -0.3 is 9.84 Å². The first kappa shape index (κ1) is 10.1. The Morgan fingerprint density at radius 3 is 2.86 bits per heavy atom. The van der Waals surface area contributed by atoms with Crippen molar-refractivity contribution < 1.29 is 14.6 Å². The van der Waals surface area contributed by atoms with Crippen molar-refractivity contribution in [1.29, 1.82) is 0 Å². The first-order valence-electron chi connectivity index (χ1n) is 4.12. The predicted octanol–water partition coefficient (Wildman–Crippen LogP) is 2.31. The number of hydrogen-bond donors (Lipinski definition) is 1. The normalized spacial score (nSPS) is 8.64. The van der Waals surface area contributed by atoms with Crippen molar-refractivity contribution in [1.82, 2.24) is 0 Å². The van der Waals surface area contributed by atoms with Gasteiger partial charge in [-0.15, -0.1) is 5.92 Å². The van der Waals surface area contributed by atoms with E-state index < -0.39 is 6.16 Å². The highest BCUT2D eigenvalue weighted by molar-refractivity contribution is 5.62. The van der Waals surface area contributed by atoms with Crippen molar-refractivity contribution in [2.75, 3.05) is 0 Å². The van der Waals surface area contributed by atoms with Gasteiger partial charge in [0.1, 0.15) is 5.75 Å². The molecule has 0 saturated heterocycles. The first-order valence-corrected chi connectivity index (χ1v) is 4.12. The summed E-state index contributed by atoms with van der Waals surface area (Å²) in [6.45, 7) is 1.74. The van der Waals surface area contributed by atoms with E-state index in [2.05, 4.69) is 16.6 Å². The minimum absolute atomic E-state index is 0.350. The Balaban J connectivity index is 2.88. The molecule has 0 atom stereocenters. The minimum atomic E-state index is -1.30. The van der Waals surface area contributed by atoms with Crippen LogP contribution in [0.2, 0.25) is 0 Å². The topological polar surface area (TPSA) is 46.5 Å². The highest BCUT2D eigenvalue weighted by Crippen LogP contribution is 2.18. The molecule has 0 saturated carbocycles. The average Bonchev–Trinajstić information content (AvgIpc) is 2.16. The molecule has 0 amide bonds. The Morgan fingerprint density at radius 2 is 2.21 bits per heavy atom. The number of ether oxygens (including phenoxy) is 1. The molecular weight excluding hydrogens is 180 g/mol. The van der Waals surface area contributed by atoms with Gasteiger partial charge >= 0.3 is 6.16 Å². The van der Waals surface area contributed by atoms with Crippen molar-refractivity contribution in [3.05, 3.63) is 29.8 Å². The summed E-state index contributed by atoms with van der Waals surface area (Å²) in [6.07, 6.45) is -0.804. The van der Waals surface area contributed by atoms with E-state index in [1.54, 1.807) is 25.1 Å². The van der Waals surface area contributed by atoms with Crippen LogP contribution < -0.4 is 4.74 Å². The van der Waals surface area contributed by atoms with E-state index in [0.717, 1.165) is 5.56 Å². The Labute approximate surface area is 82.3 Å². The van der Waals surface area contributed by atoms with Gasteiger partial charge in [0.25, 0.3) is 0 Å². The van der Waals surface area contributed by atoms with E-state index in [-0.39, 0.29) is 0 Å². The first-order chi connectivity index (χ1) is 6.74. The second-order valence-electron chi connectivity index (χ2n) is 2.58. The molecular formula is C11H10O3. The van der Waals surface area contributed by atoms with Gasteiger partial charge in [-0.05, 0) is 13.0 Å². The van der Waals surface area contributed by atoms with Crippen LogP contribution in [-0.2, 0) is 6.42 Å². The number of carbonyl (C=O) groups is 1. The maximum Gasteiger partial charge on any atom is 0.511 e. The van der Waals surface area contributed by atoms with Crippen LogP contribution in [-0.4, -0.2) is 11.3 Å². The molecule has 0 aliphatic carbocycles. The Morgan fingerprint density at radius 1 is 1.50 bits per heavy atom. The van der Waals surface area contributed by atoms with Gasteiger partial charge in [0.05, 0.1) is 0 Å². The molecule has 3 nitrogen and oxygen atoms in total. The standard InChI is InChI=1S/C11H10O3/c1-2-3-6-9-7-4-5-8-10(9)14-11(12)13/h4-5,7-8H,6H2,1H3,(H,12,13). The molecule has 0 aliphatic rings. The molecule has 1 N–H and O–H groups in total. The van der Waals surface area contributed by atoms with E-state index in [1.165, 1.54) is 0 Å². The average molecular weight is 190 g/mol. The molecule has 1 aromatic rings. The third kappa shape index (κ3) is 2.83. The lowest BCUT2D eigenvalue weighted by Crippen LogP contribution is -2.04. The smallest absolute Gasteiger partial charge is 0.449 e. The maximum atomic E-state index is 10.3. The van der Waals surface area contributed by atoms with Gasteiger partial charge in [0.2, 0.25) is 0 Å². The molecule has 14 heavy (non-hydrogen) atoms. The molecule has 1 rings (SSSR count). The van der Waals surface area contributed by atoms with Gasteiger partial charge in [0.15, 0.2) is 0 Å². The number of rotatable bonds is 2. The van der Waals surface area contributed by atoms with E-state index in [0.29, 0.717) is 12.2 Å². The van der Waals surface area contributed by atoms with Gasteiger partial charge in [-0.25, -0.2) is 4.79 Å². The predicted molar refractivity (Wildman–Crippen MR) is 52.2 cm³/mol. The zero-order valence-corrected chi connectivity index (χ0v) is 7.78. The number of hydrogen-bond acceptors (Lipinski definition) is 2. The molecule has 0 heterocycles. The number of benzene rings is 1. The lowest BCUT2D eigenvalue weighted by Gasteiger charge is -2.03. The van der Waals surface area contributed by atoms with E-state index in [1.807, 2.05) is 6.07 Å². The summed E-state index contributed by atoms with van der Waals surface area (Å²) in [5.41, 5.74) is 0.782. The lowest BCUT2D eigenvalue weighted by molar-refractivity contribution is 0.144. The van der Waals surface area contributed by atoms with Crippen molar-refractivity contribution in [2.45, 2.75) is 13.3 Å². The number of para-hydroxylation sites is 1. The molecule has 0 aliphatic heterocycles. The van der Waals surface area contributed by atoms with E-state index in [4.69, 9.17) is 5.11 Å². The summed E-state index contributed by atoms with van der Waals surface area (Å²) in [4.78, 5) is 10.3. The van der Waals surface area contributed by atoms with Gasteiger partial charge in [-0.2, -0.15) is 0 Å². The fourth-order valence-corrected chi connectivity index (χ4v) is 1.03. The van der Waals surface area contributed by atoms with E-state index in [9.17, 15) is 4.79 Å². The maximum absolute atomic E-state index is 10.3. The van der Waals surface area contributed by atoms with Crippen LogP contribution >= 0.6 is 0 Å².